The first-order valence-electron chi connectivity index (χ1n) is 12.1. The van der Waals surface area contributed by atoms with Gasteiger partial charge in [-0.3, -0.25) is 19.5 Å². The van der Waals surface area contributed by atoms with Crippen molar-refractivity contribution in [2.24, 2.45) is 4.99 Å². The van der Waals surface area contributed by atoms with Gasteiger partial charge in [-0.15, -0.1) is 6.58 Å². The molecule has 1 aromatic heterocycles. The van der Waals surface area contributed by atoms with Crippen LogP contribution >= 0.6 is 34.8 Å². The monoisotopic (exact) mass is 605 g/mol. The van der Waals surface area contributed by atoms with Gasteiger partial charge < -0.3 is 15.3 Å². The van der Waals surface area contributed by atoms with E-state index >= 15 is 0 Å². The predicted molar refractivity (Wildman–Crippen MR) is 158 cm³/mol. The van der Waals surface area contributed by atoms with Crippen molar-refractivity contribution >= 4 is 65.0 Å². The number of halogens is 4. The van der Waals surface area contributed by atoms with Gasteiger partial charge in [0.1, 0.15) is 17.4 Å². The number of hydrogen-bond donors (Lipinski definition) is 2. The number of anilines is 2. The van der Waals surface area contributed by atoms with Crippen molar-refractivity contribution in [3.05, 3.63) is 81.6 Å². The molecule has 40 heavy (non-hydrogen) atoms. The molecule has 3 rings (SSSR count). The summed E-state index contributed by atoms with van der Waals surface area (Å²) in [5, 5.41) is 13.4. The topological polar surface area (TPSA) is 98.1 Å². The number of aliphatic imine (C=N–C) groups is 1. The molecule has 0 bridgehead atoms. The number of carbonyl (C=O) groups is 2. The number of aromatic hydroxyl groups is 1. The van der Waals surface area contributed by atoms with Crippen LogP contribution in [0.5, 0.6) is 5.75 Å². The molecule has 2 N–H and O–H groups in total. The van der Waals surface area contributed by atoms with Crippen LogP contribution in [0, 0.1) is 5.82 Å². The molecule has 12 heteroatoms. The van der Waals surface area contributed by atoms with Gasteiger partial charge in [0.25, 0.3) is 0 Å². The molecule has 2 amide bonds. The fourth-order valence-corrected chi connectivity index (χ4v) is 5.00. The normalized spacial score (nSPS) is 12.0. The molecule has 0 saturated carbocycles. The van der Waals surface area contributed by atoms with Crippen LogP contribution in [0.1, 0.15) is 18.9 Å². The van der Waals surface area contributed by atoms with Crippen molar-refractivity contribution in [1.82, 2.24) is 15.2 Å². The van der Waals surface area contributed by atoms with Gasteiger partial charge in [-0.05, 0) is 43.7 Å². The lowest BCUT2D eigenvalue weighted by Gasteiger charge is -2.33. The summed E-state index contributed by atoms with van der Waals surface area (Å²) in [5.74, 6) is -0.822. The Bertz CT molecular complexity index is 1400. The molecular weight excluding hydrogens is 580 g/mol. The Morgan fingerprint density at radius 2 is 1.85 bits per heavy atom. The number of amidine groups is 1. The lowest BCUT2D eigenvalue weighted by molar-refractivity contribution is -0.109. The summed E-state index contributed by atoms with van der Waals surface area (Å²) in [7, 11) is 1.55. The SMILES string of the molecule is C=CCCN(C(=NC)c1cc(Cl)c(-c2c(O)cccc2F)nc1N(C=O)c1c(Cl)cccc1Cl)C(C)CNC=O. The van der Waals surface area contributed by atoms with Crippen LogP contribution in [-0.2, 0) is 9.59 Å². The predicted octanol–water partition coefficient (Wildman–Crippen LogP) is 6.24. The van der Waals surface area contributed by atoms with E-state index in [2.05, 4.69) is 21.9 Å². The number of phenolic OH excluding ortho intramolecular Hbond substituents is 1. The molecule has 0 fully saturated rings. The van der Waals surface area contributed by atoms with E-state index in [1.54, 1.807) is 31.3 Å². The highest BCUT2D eigenvalue weighted by atomic mass is 35.5. The van der Waals surface area contributed by atoms with Gasteiger partial charge in [0.15, 0.2) is 5.82 Å². The van der Waals surface area contributed by atoms with Gasteiger partial charge >= 0.3 is 0 Å². The number of nitrogens with one attached hydrogen (secondary N) is 1. The number of nitrogens with zero attached hydrogens (tertiary/aromatic N) is 4. The summed E-state index contributed by atoms with van der Waals surface area (Å²) in [6.45, 7) is 6.40. The van der Waals surface area contributed by atoms with Gasteiger partial charge in [-0.1, -0.05) is 53.0 Å². The average molecular weight is 607 g/mol. The second-order valence-electron chi connectivity index (χ2n) is 8.56. The first-order chi connectivity index (χ1) is 19.2. The second kappa shape index (κ2) is 14.1. The summed E-state index contributed by atoms with van der Waals surface area (Å²) in [4.78, 5) is 35.8. The largest absolute Gasteiger partial charge is 0.507 e. The zero-order valence-corrected chi connectivity index (χ0v) is 24.0. The van der Waals surface area contributed by atoms with E-state index in [-0.39, 0.29) is 56.0 Å². The minimum Gasteiger partial charge on any atom is -0.507 e. The van der Waals surface area contributed by atoms with Gasteiger partial charge in [0, 0.05) is 26.2 Å². The van der Waals surface area contributed by atoms with Crippen LogP contribution in [0.3, 0.4) is 0 Å². The van der Waals surface area contributed by atoms with E-state index < -0.39 is 11.6 Å². The van der Waals surface area contributed by atoms with Crippen molar-refractivity contribution in [2.45, 2.75) is 19.4 Å². The van der Waals surface area contributed by atoms with Gasteiger partial charge in [-0.2, -0.15) is 0 Å². The molecule has 1 heterocycles. The van der Waals surface area contributed by atoms with Crippen molar-refractivity contribution in [2.75, 3.05) is 25.0 Å². The fraction of sp³-hybridized carbons (Fsp3) is 0.214. The molecule has 0 aliphatic carbocycles. The lowest BCUT2D eigenvalue weighted by atomic mass is 10.1. The zero-order chi connectivity index (χ0) is 29.4. The third kappa shape index (κ3) is 6.55. The summed E-state index contributed by atoms with van der Waals surface area (Å²) in [6, 6.07) is 9.73. The highest BCUT2D eigenvalue weighted by Crippen LogP contribution is 2.42. The Morgan fingerprint density at radius 1 is 1.18 bits per heavy atom. The molecule has 2 aromatic carbocycles. The smallest absolute Gasteiger partial charge is 0.220 e. The molecular formula is C28H27Cl3FN5O3. The maximum absolute atomic E-state index is 14.9. The number of aromatic nitrogens is 1. The Kier molecular flexibility index (Phi) is 10.9. The summed E-state index contributed by atoms with van der Waals surface area (Å²) in [5.41, 5.74) is 0.0508. The minimum atomic E-state index is -0.771. The van der Waals surface area contributed by atoms with Crippen LogP contribution in [0.4, 0.5) is 15.9 Å². The number of amides is 2. The number of pyridine rings is 1. The Hall–Kier alpha value is -3.66. The van der Waals surface area contributed by atoms with Gasteiger partial charge in [-0.25, -0.2) is 9.37 Å². The number of phenols is 1. The summed E-state index contributed by atoms with van der Waals surface area (Å²) in [6.07, 6.45) is 3.36. The molecule has 0 radical (unpaired) electrons. The molecule has 0 aliphatic heterocycles. The van der Waals surface area contributed by atoms with E-state index in [1.165, 1.54) is 18.2 Å². The van der Waals surface area contributed by atoms with Crippen molar-refractivity contribution < 1.29 is 19.1 Å². The van der Waals surface area contributed by atoms with E-state index in [9.17, 15) is 19.1 Å². The Balaban J connectivity index is 2.38. The van der Waals surface area contributed by atoms with E-state index in [4.69, 9.17) is 34.8 Å². The quantitative estimate of drug-likeness (QED) is 0.110. The van der Waals surface area contributed by atoms with Crippen molar-refractivity contribution in [3.8, 4) is 17.0 Å². The Morgan fingerprint density at radius 3 is 2.42 bits per heavy atom. The second-order valence-corrected chi connectivity index (χ2v) is 9.78. The molecule has 210 valence electrons. The highest BCUT2D eigenvalue weighted by molar-refractivity contribution is 6.40. The third-order valence-corrected chi connectivity index (χ3v) is 6.92. The number of carbonyl (C=O) groups excluding carboxylic acids is 2. The molecule has 1 atom stereocenters. The third-order valence-electron chi connectivity index (χ3n) is 6.02. The minimum absolute atomic E-state index is 0.0151. The summed E-state index contributed by atoms with van der Waals surface area (Å²) < 4.78 is 14.9. The van der Waals surface area contributed by atoms with Gasteiger partial charge in [0.2, 0.25) is 12.8 Å². The fourth-order valence-electron chi connectivity index (χ4n) is 4.18. The van der Waals surface area contributed by atoms with Gasteiger partial charge in [0.05, 0.1) is 37.6 Å². The highest BCUT2D eigenvalue weighted by Gasteiger charge is 2.29. The standard InChI is InChI=1S/C28H27Cl3FN5O3/c1-4-5-12-36(17(2)14-34-15-38)27(33-3)18-13-21(31)25(24-22(32)10-7-11-23(24)40)35-28(18)37(16-39)26-19(29)8-6-9-20(26)30/h4,6-11,13,15-17,40H,1,5,12,14H2,2-3H3,(H,34,38). The van der Waals surface area contributed by atoms with Crippen LogP contribution in [0.15, 0.2) is 60.1 Å². The maximum Gasteiger partial charge on any atom is 0.220 e. The molecule has 3 aromatic rings. The van der Waals surface area contributed by atoms with Crippen LogP contribution < -0.4 is 10.2 Å². The van der Waals surface area contributed by atoms with Crippen LogP contribution in [0.2, 0.25) is 15.1 Å². The number of hydrogen-bond acceptors (Lipinski definition) is 5. The average Bonchev–Trinajstić information content (AvgIpc) is 2.92. The maximum atomic E-state index is 14.9. The lowest BCUT2D eigenvalue weighted by Crippen LogP contribution is -2.45. The van der Waals surface area contributed by atoms with Crippen LogP contribution in [0.25, 0.3) is 11.3 Å². The number of benzene rings is 2. The number of rotatable bonds is 12. The summed E-state index contributed by atoms with van der Waals surface area (Å²) >= 11 is 19.6. The first kappa shape index (κ1) is 30.9. The molecule has 0 saturated heterocycles. The molecule has 8 nitrogen and oxygen atoms in total. The van der Waals surface area contributed by atoms with E-state index in [0.717, 1.165) is 11.0 Å². The first-order valence-corrected chi connectivity index (χ1v) is 13.2. The Labute approximate surface area is 246 Å². The van der Waals surface area contributed by atoms with Crippen molar-refractivity contribution in [1.29, 1.82) is 0 Å². The zero-order valence-electron chi connectivity index (χ0n) is 21.7. The number of para-hydroxylation sites is 1. The van der Waals surface area contributed by atoms with E-state index in [1.807, 2.05) is 11.8 Å². The molecule has 1 unspecified atom stereocenters. The van der Waals surface area contributed by atoms with E-state index in [0.29, 0.717) is 31.6 Å². The molecule has 0 spiro atoms. The van der Waals surface area contributed by atoms with Crippen molar-refractivity contribution in [3.63, 3.8) is 0 Å². The van der Waals surface area contributed by atoms with Crippen LogP contribution in [-0.4, -0.2) is 59.8 Å². The molecule has 0 aliphatic rings.